The third kappa shape index (κ3) is 2.45. The normalized spacial score (nSPS) is 23.1. The van der Waals surface area contributed by atoms with Crippen LogP contribution in [0.15, 0.2) is 36.5 Å². The van der Waals surface area contributed by atoms with Gasteiger partial charge in [-0.1, -0.05) is 38.5 Å². The van der Waals surface area contributed by atoms with E-state index >= 15 is 0 Å². The lowest BCUT2D eigenvalue weighted by Gasteiger charge is -2.31. The summed E-state index contributed by atoms with van der Waals surface area (Å²) in [4.78, 5) is 4.39. The Hall–Kier alpha value is -1.41. The second-order valence-electron chi connectivity index (χ2n) is 6.75. The van der Waals surface area contributed by atoms with Gasteiger partial charge in [0.1, 0.15) is 0 Å². The molecule has 0 radical (unpaired) electrons. The van der Waals surface area contributed by atoms with E-state index in [-0.39, 0.29) is 11.5 Å². The molecule has 0 saturated heterocycles. The Kier molecular flexibility index (Phi) is 3.51. The zero-order valence-electron chi connectivity index (χ0n) is 12.3. The van der Waals surface area contributed by atoms with Crippen LogP contribution in [0, 0.1) is 11.3 Å². The molecule has 0 aliphatic heterocycles. The van der Waals surface area contributed by atoms with Gasteiger partial charge in [-0.2, -0.15) is 0 Å². The molecular formula is C18H23NO. The number of aromatic nitrogens is 1. The summed E-state index contributed by atoms with van der Waals surface area (Å²) in [5, 5.41) is 11.8. The number of aliphatic hydroxyl groups excluding tert-OH is 1. The third-order valence-corrected chi connectivity index (χ3v) is 4.97. The minimum Gasteiger partial charge on any atom is -0.392 e. The number of para-hydroxylation sites is 1. The molecule has 1 aromatic carbocycles. The zero-order chi connectivity index (χ0) is 14.2. The van der Waals surface area contributed by atoms with Crippen molar-refractivity contribution in [1.29, 1.82) is 0 Å². The van der Waals surface area contributed by atoms with Gasteiger partial charge in [0.15, 0.2) is 0 Å². The molecule has 2 unspecified atom stereocenters. The fraction of sp³-hybridized carbons (Fsp3) is 0.500. The molecule has 1 aromatic heterocycles. The number of benzene rings is 1. The molecule has 2 heteroatoms. The summed E-state index contributed by atoms with van der Waals surface area (Å²) in [7, 11) is 0. The molecule has 106 valence electrons. The van der Waals surface area contributed by atoms with Crippen molar-refractivity contribution >= 4 is 10.9 Å². The molecule has 2 aromatic rings. The summed E-state index contributed by atoms with van der Waals surface area (Å²) in [5.41, 5.74) is 2.50. The largest absolute Gasteiger partial charge is 0.392 e. The molecule has 1 heterocycles. The monoisotopic (exact) mass is 269 g/mol. The predicted molar refractivity (Wildman–Crippen MR) is 82.6 cm³/mol. The Bertz CT molecular complexity index is 600. The van der Waals surface area contributed by atoms with Crippen molar-refractivity contribution in [2.24, 2.45) is 11.3 Å². The fourth-order valence-electron chi connectivity index (χ4n) is 3.77. The van der Waals surface area contributed by atoms with Gasteiger partial charge in [0.05, 0.1) is 11.6 Å². The van der Waals surface area contributed by atoms with Gasteiger partial charge >= 0.3 is 0 Å². The van der Waals surface area contributed by atoms with Crippen LogP contribution in [0.5, 0.6) is 0 Å². The molecule has 1 N–H and O–H groups in total. The molecule has 1 fully saturated rings. The van der Waals surface area contributed by atoms with Gasteiger partial charge < -0.3 is 5.11 Å². The molecule has 2 atom stereocenters. The standard InChI is InChI=1S/C18H23NO/c1-18(2)10-5-7-15(18)17(20)12-13-9-11-19-16-8-4-3-6-14(13)16/h3-4,6,8-9,11,15,17,20H,5,7,10,12H2,1-2H3. The number of hydrogen-bond acceptors (Lipinski definition) is 2. The van der Waals surface area contributed by atoms with Crippen LogP contribution in [0.4, 0.5) is 0 Å². The zero-order valence-corrected chi connectivity index (χ0v) is 12.3. The summed E-state index contributed by atoms with van der Waals surface area (Å²) in [6.07, 6.45) is 5.95. The first kappa shape index (κ1) is 13.6. The number of hydrogen-bond donors (Lipinski definition) is 1. The number of rotatable bonds is 3. The Morgan fingerprint density at radius 3 is 2.85 bits per heavy atom. The molecule has 1 aliphatic carbocycles. The first-order valence-corrected chi connectivity index (χ1v) is 7.58. The Balaban J connectivity index is 1.86. The van der Waals surface area contributed by atoms with Crippen molar-refractivity contribution in [1.82, 2.24) is 4.98 Å². The van der Waals surface area contributed by atoms with Crippen LogP contribution in [0.25, 0.3) is 10.9 Å². The first-order chi connectivity index (χ1) is 9.58. The van der Waals surface area contributed by atoms with Gasteiger partial charge in [-0.15, -0.1) is 0 Å². The lowest BCUT2D eigenvalue weighted by molar-refractivity contribution is 0.0545. The van der Waals surface area contributed by atoms with E-state index in [1.54, 1.807) is 0 Å². The highest BCUT2D eigenvalue weighted by Gasteiger charge is 2.38. The SMILES string of the molecule is CC1(C)CCCC1C(O)Cc1ccnc2ccccc12. The molecule has 0 spiro atoms. The van der Waals surface area contributed by atoms with Crippen molar-refractivity contribution < 1.29 is 5.11 Å². The van der Waals surface area contributed by atoms with Gasteiger partial charge in [0.25, 0.3) is 0 Å². The van der Waals surface area contributed by atoms with Crippen LogP contribution in [-0.2, 0) is 6.42 Å². The highest BCUT2D eigenvalue weighted by Crippen LogP contribution is 2.45. The van der Waals surface area contributed by atoms with E-state index in [0.29, 0.717) is 5.92 Å². The van der Waals surface area contributed by atoms with E-state index in [1.807, 2.05) is 30.5 Å². The Morgan fingerprint density at radius 1 is 1.30 bits per heavy atom. The predicted octanol–water partition coefficient (Wildman–Crippen LogP) is 3.96. The lowest BCUT2D eigenvalue weighted by Crippen LogP contribution is -2.31. The van der Waals surface area contributed by atoms with Crippen LogP contribution in [0.1, 0.15) is 38.7 Å². The minimum atomic E-state index is -0.252. The van der Waals surface area contributed by atoms with Crippen LogP contribution in [0.2, 0.25) is 0 Å². The van der Waals surface area contributed by atoms with Crippen molar-refractivity contribution in [2.45, 2.75) is 45.6 Å². The minimum absolute atomic E-state index is 0.252. The number of fused-ring (bicyclic) bond motifs is 1. The molecular weight excluding hydrogens is 246 g/mol. The highest BCUT2D eigenvalue weighted by molar-refractivity contribution is 5.81. The van der Waals surface area contributed by atoms with E-state index in [4.69, 9.17) is 0 Å². The number of aliphatic hydroxyl groups is 1. The molecule has 0 amide bonds. The molecule has 1 saturated carbocycles. The Morgan fingerprint density at radius 2 is 2.10 bits per heavy atom. The first-order valence-electron chi connectivity index (χ1n) is 7.58. The quantitative estimate of drug-likeness (QED) is 0.914. The summed E-state index contributed by atoms with van der Waals surface area (Å²) in [6, 6.07) is 10.2. The number of pyridine rings is 1. The summed E-state index contributed by atoms with van der Waals surface area (Å²) < 4.78 is 0. The lowest BCUT2D eigenvalue weighted by atomic mass is 9.77. The average Bonchev–Trinajstić information content (AvgIpc) is 2.79. The van der Waals surface area contributed by atoms with Crippen LogP contribution in [0.3, 0.4) is 0 Å². The van der Waals surface area contributed by atoms with Crippen LogP contribution >= 0.6 is 0 Å². The molecule has 1 aliphatic rings. The maximum Gasteiger partial charge on any atom is 0.0704 e. The van der Waals surface area contributed by atoms with Crippen molar-refractivity contribution in [3.8, 4) is 0 Å². The van der Waals surface area contributed by atoms with Gasteiger partial charge in [-0.25, -0.2) is 0 Å². The summed E-state index contributed by atoms with van der Waals surface area (Å²) >= 11 is 0. The van der Waals surface area contributed by atoms with E-state index in [1.165, 1.54) is 23.8 Å². The van der Waals surface area contributed by atoms with Crippen molar-refractivity contribution in [2.75, 3.05) is 0 Å². The fourth-order valence-corrected chi connectivity index (χ4v) is 3.77. The highest BCUT2D eigenvalue weighted by atomic mass is 16.3. The van der Waals surface area contributed by atoms with Gasteiger partial charge in [0, 0.05) is 11.6 Å². The second-order valence-corrected chi connectivity index (χ2v) is 6.75. The summed E-state index contributed by atoms with van der Waals surface area (Å²) in [5.74, 6) is 0.412. The van der Waals surface area contributed by atoms with Crippen molar-refractivity contribution in [3.05, 3.63) is 42.1 Å². The molecule has 0 bridgehead atoms. The third-order valence-electron chi connectivity index (χ3n) is 4.97. The van der Waals surface area contributed by atoms with E-state index < -0.39 is 0 Å². The summed E-state index contributed by atoms with van der Waals surface area (Å²) in [6.45, 7) is 4.58. The van der Waals surface area contributed by atoms with E-state index in [0.717, 1.165) is 18.4 Å². The van der Waals surface area contributed by atoms with Gasteiger partial charge in [-0.3, -0.25) is 4.98 Å². The maximum absolute atomic E-state index is 10.7. The van der Waals surface area contributed by atoms with Gasteiger partial charge in [-0.05, 0) is 48.3 Å². The van der Waals surface area contributed by atoms with Crippen molar-refractivity contribution in [3.63, 3.8) is 0 Å². The second kappa shape index (κ2) is 5.17. The van der Waals surface area contributed by atoms with Crippen LogP contribution < -0.4 is 0 Å². The maximum atomic E-state index is 10.7. The number of nitrogens with zero attached hydrogens (tertiary/aromatic N) is 1. The van der Waals surface area contributed by atoms with Crippen LogP contribution in [-0.4, -0.2) is 16.2 Å². The smallest absolute Gasteiger partial charge is 0.0704 e. The van der Waals surface area contributed by atoms with Gasteiger partial charge in [0.2, 0.25) is 0 Å². The molecule has 20 heavy (non-hydrogen) atoms. The topological polar surface area (TPSA) is 33.1 Å². The van der Waals surface area contributed by atoms with E-state index in [2.05, 4.69) is 24.9 Å². The molecule has 3 rings (SSSR count). The van der Waals surface area contributed by atoms with E-state index in [9.17, 15) is 5.11 Å². The Labute approximate surface area is 120 Å². The molecule has 2 nitrogen and oxygen atoms in total. The average molecular weight is 269 g/mol.